The van der Waals surface area contributed by atoms with Crippen molar-refractivity contribution in [2.75, 3.05) is 0 Å². The standard InChI is InChI=1S/C21H21FN4O/c1-13(2)26-19(15-5-3-4-14(12-15)18(23)27)24-25-20(26)21(10-11-21)16-6-8-17(22)9-7-16/h3-9,12-13H,10-11H2,1-2H3,(H2,23,27). The number of primary amides is 1. The van der Waals surface area contributed by atoms with Crippen molar-refractivity contribution in [2.24, 2.45) is 5.73 Å². The lowest BCUT2D eigenvalue weighted by atomic mass is 9.94. The quantitative estimate of drug-likeness (QED) is 0.747. The van der Waals surface area contributed by atoms with E-state index in [0.717, 1.165) is 29.8 Å². The van der Waals surface area contributed by atoms with E-state index in [4.69, 9.17) is 5.73 Å². The van der Waals surface area contributed by atoms with Gasteiger partial charge in [0.05, 0.1) is 5.41 Å². The Morgan fingerprint density at radius 3 is 2.44 bits per heavy atom. The number of hydrogen-bond donors (Lipinski definition) is 1. The molecule has 1 heterocycles. The van der Waals surface area contributed by atoms with E-state index >= 15 is 0 Å². The number of nitrogens with two attached hydrogens (primary N) is 1. The number of carbonyl (C=O) groups is 1. The van der Waals surface area contributed by atoms with Gasteiger partial charge in [0.25, 0.3) is 0 Å². The fraction of sp³-hybridized carbons (Fsp3) is 0.286. The van der Waals surface area contributed by atoms with E-state index in [-0.39, 0.29) is 17.3 Å². The lowest BCUT2D eigenvalue weighted by Crippen LogP contribution is -2.19. The van der Waals surface area contributed by atoms with Crippen LogP contribution in [0.3, 0.4) is 0 Å². The zero-order valence-electron chi connectivity index (χ0n) is 15.3. The van der Waals surface area contributed by atoms with Crippen LogP contribution < -0.4 is 5.73 Å². The summed E-state index contributed by atoms with van der Waals surface area (Å²) in [5, 5.41) is 8.97. The molecule has 6 heteroatoms. The molecule has 4 rings (SSSR count). The van der Waals surface area contributed by atoms with Crippen LogP contribution in [-0.2, 0) is 5.41 Å². The highest BCUT2D eigenvalue weighted by atomic mass is 19.1. The first-order valence-electron chi connectivity index (χ1n) is 9.04. The van der Waals surface area contributed by atoms with Crippen LogP contribution in [0.25, 0.3) is 11.4 Å². The lowest BCUT2D eigenvalue weighted by Gasteiger charge is -2.20. The van der Waals surface area contributed by atoms with E-state index in [1.54, 1.807) is 18.2 Å². The molecule has 2 aromatic carbocycles. The molecule has 0 radical (unpaired) electrons. The Labute approximate surface area is 157 Å². The molecule has 1 saturated carbocycles. The third-order valence-corrected chi connectivity index (χ3v) is 5.19. The highest BCUT2D eigenvalue weighted by Gasteiger charge is 2.50. The monoisotopic (exact) mass is 364 g/mol. The molecule has 5 nitrogen and oxygen atoms in total. The number of hydrogen-bond acceptors (Lipinski definition) is 3. The average Bonchev–Trinajstić information content (AvgIpc) is 3.33. The first-order valence-corrected chi connectivity index (χ1v) is 9.04. The van der Waals surface area contributed by atoms with Gasteiger partial charge in [0.2, 0.25) is 5.91 Å². The highest BCUT2D eigenvalue weighted by Crippen LogP contribution is 2.53. The second-order valence-electron chi connectivity index (χ2n) is 7.35. The first-order chi connectivity index (χ1) is 12.9. The summed E-state index contributed by atoms with van der Waals surface area (Å²) in [5.41, 5.74) is 7.48. The van der Waals surface area contributed by atoms with Crippen LogP contribution in [0.2, 0.25) is 0 Å². The van der Waals surface area contributed by atoms with Gasteiger partial charge in [-0.05, 0) is 56.5 Å². The fourth-order valence-electron chi connectivity index (χ4n) is 3.65. The number of carbonyl (C=O) groups excluding carboxylic acids is 1. The minimum atomic E-state index is -0.474. The number of nitrogens with zero attached hydrogens (tertiary/aromatic N) is 3. The molecule has 0 saturated heterocycles. The molecular formula is C21H21FN4O. The normalized spacial score (nSPS) is 15.1. The molecule has 1 aliphatic rings. The van der Waals surface area contributed by atoms with Gasteiger partial charge >= 0.3 is 0 Å². The Balaban J connectivity index is 1.84. The molecule has 1 aliphatic carbocycles. The van der Waals surface area contributed by atoms with Gasteiger partial charge in [-0.1, -0.05) is 24.3 Å². The molecule has 1 aromatic heterocycles. The summed E-state index contributed by atoms with van der Waals surface area (Å²) in [7, 11) is 0. The predicted molar refractivity (Wildman–Crippen MR) is 101 cm³/mol. The van der Waals surface area contributed by atoms with Crippen LogP contribution in [0, 0.1) is 5.82 Å². The van der Waals surface area contributed by atoms with Crippen molar-refractivity contribution in [1.29, 1.82) is 0 Å². The Kier molecular flexibility index (Phi) is 4.06. The Bertz CT molecular complexity index is 1000. The average molecular weight is 364 g/mol. The number of rotatable bonds is 5. The van der Waals surface area contributed by atoms with Crippen LogP contribution in [0.1, 0.15) is 54.5 Å². The topological polar surface area (TPSA) is 73.8 Å². The number of benzene rings is 2. The molecule has 0 spiro atoms. The summed E-state index contributed by atoms with van der Waals surface area (Å²) in [4.78, 5) is 11.5. The summed E-state index contributed by atoms with van der Waals surface area (Å²) in [6, 6.07) is 13.9. The molecule has 0 atom stereocenters. The lowest BCUT2D eigenvalue weighted by molar-refractivity contribution is 0.100. The molecule has 0 aliphatic heterocycles. The van der Waals surface area contributed by atoms with Gasteiger partial charge < -0.3 is 10.3 Å². The summed E-state index contributed by atoms with van der Waals surface area (Å²) >= 11 is 0. The maximum absolute atomic E-state index is 13.4. The van der Waals surface area contributed by atoms with Gasteiger partial charge in [0, 0.05) is 17.2 Å². The summed E-state index contributed by atoms with van der Waals surface area (Å²) in [6.07, 6.45) is 1.90. The first kappa shape index (κ1) is 17.4. The van der Waals surface area contributed by atoms with Crippen molar-refractivity contribution in [3.8, 4) is 11.4 Å². The third kappa shape index (κ3) is 2.91. The van der Waals surface area contributed by atoms with Crippen molar-refractivity contribution in [1.82, 2.24) is 14.8 Å². The van der Waals surface area contributed by atoms with E-state index in [2.05, 4.69) is 28.6 Å². The molecule has 1 fully saturated rings. The number of amides is 1. The van der Waals surface area contributed by atoms with E-state index in [9.17, 15) is 9.18 Å². The van der Waals surface area contributed by atoms with E-state index in [0.29, 0.717) is 11.4 Å². The van der Waals surface area contributed by atoms with Gasteiger partial charge in [-0.3, -0.25) is 4.79 Å². The molecular weight excluding hydrogens is 343 g/mol. The smallest absolute Gasteiger partial charge is 0.248 e. The Hall–Kier alpha value is -3.02. The van der Waals surface area contributed by atoms with Gasteiger partial charge in [0.15, 0.2) is 5.82 Å². The van der Waals surface area contributed by atoms with Crippen LogP contribution in [-0.4, -0.2) is 20.7 Å². The van der Waals surface area contributed by atoms with E-state index in [1.165, 1.54) is 12.1 Å². The molecule has 2 N–H and O–H groups in total. The third-order valence-electron chi connectivity index (χ3n) is 5.19. The second kappa shape index (κ2) is 6.30. The van der Waals surface area contributed by atoms with Crippen LogP contribution in [0.4, 0.5) is 4.39 Å². The molecule has 0 bridgehead atoms. The van der Waals surface area contributed by atoms with E-state index < -0.39 is 5.91 Å². The number of halogens is 1. The van der Waals surface area contributed by atoms with Gasteiger partial charge in [-0.25, -0.2) is 4.39 Å². The summed E-state index contributed by atoms with van der Waals surface area (Å²) in [5.74, 6) is 0.863. The predicted octanol–water partition coefficient (Wildman–Crippen LogP) is 3.84. The van der Waals surface area contributed by atoms with Crippen molar-refractivity contribution in [2.45, 2.75) is 38.1 Å². The Morgan fingerprint density at radius 2 is 1.85 bits per heavy atom. The molecule has 3 aromatic rings. The van der Waals surface area contributed by atoms with Gasteiger partial charge in [-0.2, -0.15) is 0 Å². The maximum Gasteiger partial charge on any atom is 0.248 e. The van der Waals surface area contributed by atoms with Crippen molar-refractivity contribution in [3.63, 3.8) is 0 Å². The van der Waals surface area contributed by atoms with Crippen molar-refractivity contribution in [3.05, 3.63) is 71.3 Å². The molecule has 27 heavy (non-hydrogen) atoms. The summed E-state index contributed by atoms with van der Waals surface area (Å²) < 4.78 is 15.5. The molecule has 138 valence electrons. The maximum atomic E-state index is 13.4. The number of aromatic nitrogens is 3. The minimum absolute atomic E-state index is 0.125. The highest BCUT2D eigenvalue weighted by molar-refractivity contribution is 5.93. The second-order valence-corrected chi connectivity index (χ2v) is 7.35. The summed E-state index contributed by atoms with van der Waals surface area (Å²) in [6.45, 7) is 4.16. The van der Waals surface area contributed by atoms with Crippen molar-refractivity contribution >= 4 is 5.91 Å². The SMILES string of the molecule is CC(C)n1c(-c2cccc(C(N)=O)c2)nnc1C1(c2ccc(F)cc2)CC1. The van der Waals surface area contributed by atoms with Crippen LogP contribution in [0.5, 0.6) is 0 Å². The van der Waals surface area contributed by atoms with Crippen molar-refractivity contribution < 1.29 is 9.18 Å². The largest absolute Gasteiger partial charge is 0.366 e. The zero-order chi connectivity index (χ0) is 19.2. The minimum Gasteiger partial charge on any atom is -0.366 e. The molecule has 0 unspecified atom stereocenters. The van der Waals surface area contributed by atoms with E-state index in [1.807, 2.05) is 18.2 Å². The molecule has 1 amide bonds. The van der Waals surface area contributed by atoms with Crippen LogP contribution in [0.15, 0.2) is 48.5 Å². The Morgan fingerprint density at radius 1 is 1.15 bits per heavy atom. The van der Waals surface area contributed by atoms with Crippen LogP contribution >= 0.6 is 0 Å². The van der Waals surface area contributed by atoms with Gasteiger partial charge in [0.1, 0.15) is 11.6 Å². The fourth-order valence-corrected chi connectivity index (χ4v) is 3.65. The zero-order valence-corrected chi connectivity index (χ0v) is 15.3. The van der Waals surface area contributed by atoms with Gasteiger partial charge in [-0.15, -0.1) is 10.2 Å².